The van der Waals surface area contributed by atoms with Gasteiger partial charge < -0.3 is 16.2 Å². The van der Waals surface area contributed by atoms with Gasteiger partial charge >= 0.3 is 0 Å². The van der Waals surface area contributed by atoms with Crippen molar-refractivity contribution in [1.82, 2.24) is 5.32 Å². The van der Waals surface area contributed by atoms with Gasteiger partial charge in [-0.15, -0.1) is 0 Å². The molecule has 4 nitrogen and oxygen atoms in total. The summed E-state index contributed by atoms with van der Waals surface area (Å²) in [6, 6.07) is -0.487. The van der Waals surface area contributed by atoms with Crippen LogP contribution in [0.5, 0.6) is 0 Å². The van der Waals surface area contributed by atoms with E-state index < -0.39 is 12.1 Å². The quantitative estimate of drug-likeness (QED) is 0.610. The lowest BCUT2D eigenvalue weighted by molar-refractivity contribution is -0.124. The molecule has 0 radical (unpaired) electrons. The Balaban J connectivity index is 4.01. The third kappa shape index (κ3) is 5.74. The van der Waals surface area contributed by atoms with Crippen LogP contribution in [0, 0.1) is 5.92 Å². The van der Waals surface area contributed by atoms with Gasteiger partial charge in [-0.3, -0.25) is 4.79 Å². The molecule has 0 bridgehead atoms. The molecule has 15 heavy (non-hydrogen) atoms. The highest BCUT2D eigenvalue weighted by atomic mass is 16.3. The molecule has 0 aliphatic carbocycles. The van der Waals surface area contributed by atoms with Crippen molar-refractivity contribution < 1.29 is 9.90 Å². The van der Waals surface area contributed by atoms with E-state index in [1.54, 1.807) is 6.92 Å². The van der Waals surface area contributed by atoms with Crippen LogP contribution in [-0.2, 0) is 4.79 Å². The highest BCUT2D eigenvalue weighted by Crippen LogP contribution is 2.06. The Kier molecular flexibility index (Phi) is 6.52. The summed E-state index contributed by atoms with van der Waals surface area (Å²) >= 11 is 0. The molecule has 90 valence electrons. The number of carbonyl (C=O) groups is 1. The molecule has 4 atom stereocenters. The normalized spacial score (nSPS) is 19.1. The lowest BCUT2D eigenvalue weighted by atomic mass is 9.99. The standard InChI is InChI=1S/C11H24N2O2/c1-5-7(2)10(12)11(15)13-8(3)6-9(4)14/h7-10,14H,5-6,12H2,1-4H3,(H,13,15)/t7-,8?,9?,10-/m0/s1. The average Bonchev–Trinajstić information content (AvgIpc) is 2.13. The van der Waals surface area contributed by atoms with E-state index in [4.69, 9.17) is 10.8 Å². The highest BCUT2D eigenvalue weighted by molar-refractivity contribution is 5.82. The summed E-state index contributed by atoms with van der Waals surface area (Å²) in [6.07, 6.45) is 1.04. The monoisotopic (exact) mass is 216 g/mol. The fourth-order valence-electron chi connectivity index (χ4n) is 1.42. The van der Waals surface area contributed by atoms with Crippen LogP contribution in [0.1, 0.15) is 40.5 Å². The predicted octanol–water partition coefficient (Wildman–Crippen LogP) is 0.635. The molecule has 1 amide bonds. The Morgan fingerprint density at radius 2 is 1.93 bits per heavy atom. The van der Waals surface area contributed by atoms with Crippen molar-refractivity contribution in [3.63, 3.8) is 0 Å². The first kappa shape index (κ1) is 14.4. The molecule has 0 aromatic rings. The third-order valence-corrected chi connectivity index (χ3v) is 2.64. The van der Waals surface area contributed by atoms with Gasteiger partial charge in [0.05, 0.1) is 12.1 Å². The minimum Gasteiger partial charge on any atom is -0.393 e. The summed E-state index contributed by atoms with van der Waals surface area (Å²) < 4.78 is 0. The van der Waals surface area contributed by atoms with E-state index in [0.29, 0.717) is 6.42 Å². The maximum Gasteiger partial charge on any atom is 0.237 e. The van der Waals surface area contributed by atoms with Gasteiger partial charge in [0.2, 0.25) is 5.91 Å². The Morgan fingerprint density at radius 3 is 2.33 bits per heavy atom. The summed E-state index contributed by atoms with van der Waals surface area (Å²) in [7, 11) is 0. The molecule has 0 heterocycles. The van der Waals surface area contributed by atoms with E-state index in [0.717, 1.165) is 6.42 Å². The first-order valence-electron chi connectivity index (χ1n) is 5.62. The first-order chi connectivity index (χ1) is 6.88. The Hall–Kier alpha value is -0.610. The molecule has 4 heteroatoms. The van der Waals surface area contributed by atoms with Gasteiger partial charge in [-0.2, -0.15) is 0 Å². The molecule has 0 rings (SSSR count). The van der Waals surface area contributed by atoms with Gasteiger partial charge in [-0.1, -0.05) is 20.3 Å². The molecule has 0 fully saturated rings. The van der Waals surface area contributed by atoms with Crippen molar-refractivity contribution in [3.8, 4) is 0 Å². The lowest BCUT2D eigenvalue weighted by Gasteiger charge is -2.21. The molecule has 4 N–H and O–H groups in total. The number of hydrogen-bond acceptors (Lipinski definition) is 3. The number of aliphatic hydroxyl groups is 1. The number of rotatable bonds is 6. The summed E-state index contributed by atoms with van der Waals surface area (Å²) in [5, 5.41) is 11.9. The molecule has 0 spiro atoms. The number of hydrogen-bond donors (Lipinski definition) is 3. The second-order valence-corrected chi connectivity index (χ2v) is 4.41. The number of nitrogens with one attached hydrogen (secondary N) is 1. The fourth-order valence-corrected chi connectivity index (χ4v) is 1.42. The zero-order valence-electron chi connectivity index (χ0n) is 10.2. The number of carbonyl (C=O) groups excluding carboxylic acids is 1. The van der Waals surface area contributed by atoms with E-state index in [9.17, 15) is 4.79 Å². The maximum atomic E-state index is 11.6. The topological polar surface area (TPSA) is 75.4 Å². The van der Waals surface area contributed by atoms with Crippen LogP contribution in [-0.4, -0.2) is 29.2 Å². The van der Waals surface area contributed by atoms with Gasteiger partial charge in [0.15, 0.2) is 0 Å². The van der Waals surface area contributed by atoms with E-state index in [1.165, 1.54) is 0 Å². The third-order valence-electron chi connectivity index (χ3n) is 2.64. The van der Waals surface area contributed by atoms with Crippen molar-refractivity contribution in [2.24, 2.45) is 11.7 Å². The SMILES string of the molecule is CC[C@H](C)[C@H](N)C(=O)NC(C)CC(C)O. The summed E-state index contributed by atoms with van der Waals surface area (Å²) in [4.78, 5) is 11.6. The summed E-state index contributed by atoms with van der Waals surface area (Å²) in [6.45, 7) is 7.55. The zero-order valence-corrected chi connectivity index (χ0v) is 10.2. The van der Waals surface area contributed by atoms with Crippen molar-refractivity contribution in [3.05, 3.63) is 0 Å². The number of nitrogens with two attached hydrogens (primary N) is 1. The van der Waals surface area contributed by atoms with E-state index in [2.05, 4.69) is 5.32 Å². The first-order valence-corrected chi connectivity index (χ1v) is 5.62. The molecule has 0 aromatic heterocycles. The van der Waals surface area contributed by atoms with Crippen molar-refractivity contribution in [1.29, 1.82) is 0 Å². The maximum absolute atomic E-state index is 11.6. The lowest BCUT2D eigenvalue weighted by Crippen LogP contribution is -2.48. The number of amides is 1. The number of aliphatic hydroxyl groups excluding tert-OH is 1. The Bertz CT molecular complexity index is 195. The van der Waals surface area contributed by atoms with E-state index >= 15 is 0 Å². The molecule has 0 aromatic carbocycles. The molecular weight excluding hydrogens is 192 g/mol. The Morgan fingerprint density at radius 1 is 1.40 bits per heavy atom. The summed E-state index contributed by atoms with van der Waals surface area (Å²) in [5.41, 5.74) is 5.78. The Labute approximate surface area is 92.2 Å². The van der Waals surface area contributed by atoms with Crippen LogP contribution in [0.25, 0.3) is 0 Å². The minimum absolute atomic E-state index is 0.0346. The average molecular weight is 216 g/mol. The van der Waals surface area contributed by atoms with Gasteiger partial charge in [0.1, 0.15) is 0 Å². The second kappa shape index (κ2) is 6.80. The van der Waals surface area contributed by atoms with Crippen LogP contribution < -0.4 is 11.1 Å². The molecule has 0 aliphatic rings. The smallest absolute Gasteiger partial charge is 0.237 e. The minimum atomic E-state index is -0.452. The van der Waals surface area contributed by atoms with E-state index in [1.807, 2.05) is 20.8 Å². The van der Waals surface area contributed by atoms with Gasteiger partial charge in [-0.25, -0.2) is 0 Å². The van der Waals surface area contributed by atoms with Gasteiger partial charge in [0.25, 0.3) is 0 Å². The van der Waals surface area contributed by atoms with Crippen LogP contribution in [0.2, 0.25) is 0 Å². The van der Waals surface area contributed by atoms with Crippen molar-refractivity contribution >= 4 is 5.91 Å². The largest absolute Gasteiger partial charge is 0.393 e. The highest BCUT2D eigenvalue weighted by Gasteiger charge is 2.20. The van der Waals surface area contributed by atoms with E-state index in [-0.39, 0.29) is 17.9 Å². The molecule has 0 aliphatic heterocycles. The summed E-state index contributed by atoms with van der Waals surface area (Å²) in [5.74, 6) is 0.0567. The molecule has 0 saturated carbocycles. The molecule has 0 saturated heterocycles. The van der Waals surface area contributed by atoms with Crippen LogP contribution >= 0.6 is 0 Å². The van der Waals surface area contributed by atoms with Crippen molar-refractivity contribution in [2.45, 2.75) is 58.7 Å². The molecule has 2 unspecified atom stereocenters. The zero-order chi connectivity index (χ0) is 12.0. The second-order valence-electron chi connectivity index (χ2n) is 4.41. The molecular formula is C11H24N2O2. The fraction of sp³-hybridized carbons (Fsp3) is 0.909. The van der Waals surface area contributed by atoms with Gasteiger partial charge in [0, 0.05) is 6.04 Å². The predicted molar refractivity (Wildman–Crippen MR) is 61.3 cm³/mol. The van der Waals surface area contributed by atoms with Crippen LogP contribution in [0.4, 0.5) is 0 Å². The van der Waals surface area contributed by atoms with Crippen molar-refractivity contribution in [2.75, 3.05) is 0 Å². The van der Waals surface area contributed by atoms with Crippen LogP contribution in [0.15, 0.2) is 0 Å². The van der Waals surface area contributed by atoms with Crippen LogP contribution in [0.3, 0.4) is 0 Å². The van der Waals surface area contributed by atoms with Gasteiger partial charge in [-0.05, 0) is 26.2 Å².